The Hall–Kier alpha value is -1.85. The molecule has 1 aliphatic heterocycles. The third-order valence-electron chi connectivity index (χ3n) is 5.14. The molecule has 0 unspecified atom stereocenters. The zero-order chi connectivity index (χ0) is 19.4. The second-order valence-corrected chi connectivity index (χ2v) is 8.02. The van der Waals surface area contributed by atoms with E-state index in [0.29, 0.717) is 25.3 Å². The van der Waals surface area contributed by atoms with Gasteiger partial charge >= 0.3 is 0 Å². The van der Waals surface area contributed by atoms with E-state index in [4.69, 9.17) is 0 Å². The Kier molecular flexibility index (Phi) is 6.84. The molecule has 146 valence electrons. The molecule has 0 saturated carbocycles. The Morgan fingerprint density at radius 1 is 1.42 bits per heavy atom. The zero-order valence-corrected chi connectivity index (χ0v) is 17.2. The van der Waals surface area contributed by atoms with Crippen molar-refractivity contribution in [3.63, 3.8) is 0 Å². The van der Waals surface area contributed by atoms with Crippen LogP contribution in [0, 0.1) is 18.8 Å². The van der Waals surface area contributed by atoms with E-state index < -0.39 is 0 Å². The van der Waals surface area contributed by atoms with Crippen LogP contribution >= 0.6 is 0 Å². The molecule has 6 heteroatoms. The van der Waals surface area contributed by atoms with E-state index in [0.717, 1.165) is 30.9 Å². The largest absolute Gasteiger partial charge is 0.340 e. The summed E-state index contributed by atoms with van der Waals surface area (Å²) in [5.41, 5.74) is 2.05. The van der Waals surface area contributed by atoms with E-state index in [9.17, 15) is 9.59 Å². The fourth-order valence-electron chi connectivity index (χ4n) is 3.84. The molecule has 1 aromatic rings. The van der Waals surface area contributed by atoms with Crippen molar-refractivity contribution in [3.05, 3.63) is 17.5 Å². The number of carbonyl (C=O) groups excluding carboxylic acids is 2. The number of aryl methyl sites for hydroxylation is 2. The van der Waals surface area contributed by atoms with Gasteiger partial charge in [0, 0.05) is 32.6 Å². The molecular weight excluding hydrogens is 328 g/mol. The number of amides is 2. The first-order valence-corrected chi connectivity index (χ1v) is 9.82. The van der Waals surface area contributed by atoms with Gasteiger partial charge in [-0.3, -0.25) is 14.3 Å². The van der Waals surface area contributed by atoms with E-state index >= 15 is 0 Å². The van der Waals surface area contributed by atoms with Gasteiger partial charge in [-0.15, -0.1) is 0 Å². The van der Waals surface area contributed by atoms with Gasteiger partial charge in [-0.1, -0.05) is 20.8 Å². The molecule has 0 bridgehead atoms. The van der Waals surface area contributed by atoms with Crippen LogP contribution in [0.3, 0.4) is 0 Å². The topological polar surface area (TPSA) is 58.4 Å². The Bertz CT molecular complexity index is 638. The van der Waals surface area contributed by atoms with Crippen molar-refractivity contribution in [1.29, 1.82) is 0 Å². The summed E-state index contributed by atoms with van der Waals surface area (Å²) in [5, 5.41) is 4.52. The third-order valence-corrected chi connectivity index (χ3v) is 5.14. The quantitative estimate of drug-likeness (QED) is 0.749. The minimum atomic E-state index is -0.125. The number of piperidine rings is 1. The summed E-state index contributed by atoms with van der Waals surface area (Å²) < 4.78 is 2.00. The molecule has 1 saturated heterocycles. The molecule has 2 amide bonds. The lowest BCUT2D eigenvalue weighted by atomic mass is 9.88. The molecule has 6 nitrogen and oxygen atoms in total. The van der Waals surface area contributed by atoms with Crippen LogP contribution in [0.2, 0.25) is 0 Å². The molecule has 1 aromatic heterocycles. The van der Waals surface area contributed by atoms with Crippen molar-refractivity contribution < 1.29 is 9.59 Å². The smallest absolute Gasteiger partial charge is 0.227 e. The fraction of sp³-hybridized carbons (Fsp3) is 0.750. The lowest BCUT2D eigenvalue weighted by Gasteiger charge is -2.40. The Morgan fingerprint density at radius 3 is 2.73 bits per heavy atom. The molecule has 0 aromatic carbocycles. The Morgan fingerprint density at radius 2 is 2.12 bits per heavy atom. The summed E-state index contributed by atoms with van der Waals surface area (Å²) in [6.07, 6.45) is 2.12. The monoisotopic (exact) mass is 362 g/mol. The Labute approximate surface area is 157 Å². The van der Waals surface area contributed by atoms with Crippen LogP contribution in [-0.2, 0) is 22.7 Å². The third kappa shape index (κ3) is 4.65. The van der Waals surface area contributed by atoms with Gasteiger partial charge in [0.1, 0.15) is 0 Å². The minimum Gasteiger partial charge on any atom is -0.340 e. The van der Waals surface area contributed by atoms with E-state index in [1.165, 1.54) is 0 Å². The maximum Gasteiger partial charge on any atom is 0.227 e. The number of hydrogen-bond donors (Lipinski definition) is 0. The number of nitrogens with zero attached hydrogens (tertiary/aromatic N) is 4. The van der Waals surface area contributed by atoms with Gasteiger partial charge in [0.25, 0.3) is 0 Å². The molecule has 0 aliphatic carbocycles. The molecule has 0 spiro atoms. The van der Waals surface area contributed by atoms with Gasteiger partial charge in [-0.05, 0) is 38.7 Å². The highest BCUT2D eigenvalue weighted by Gasteiger charge is 2.38. The van der Waals surface area contributed by atoms with Gasteiger partial charge in [-0.2, -0.15) is 5.10 Å². The standard InChI is InChI=1S/C20H34N4O2/c1-7-10-24-17(11-15(4)21-24)13-22(6)20(26)18-8-9-19(25)23(16(18)5)12-14(2)3/h11,14,16,18H,7-10,12-13H2,1-6H3/t16-,18-/m1/s1. The van der Waals surface area contributed by atoms with E-state index in [1.54, 1.807) is 4.90 Å². The van der Waals surface area contributed by atoms with Crippen LogP contribution < -0.4 is 0 Å². The lowest BCUT2D eigenvalue weighted by Crippen LogP contribution is -2.52. The molecule has 2 atom stereocenters. The summed E-state index contributed by atoms with van der Waals surface area (Å²) in [4.78, 5) is 29.1. The molecule has 0 radical (unpaired) electrons. The van der Waals surface area contributed by atoms with Crippen LogP contribution in [0.1, 0.15) is 58.3 Å². The van der Waals surface area contributed by atoms with Crippen LogP contribution in [0.15, 0.2) is 6.07 Å². The van der Waals surface area contributed by atoms with Gasteiger partial charge in [-0.25, -0.2) is 0 Å². The molecule has 1 fully saturated rings. The van der Waals surface area contributed by atoms with Crippen molar-refractivity contribution in [2.75, 3.05) is 13.6 Å². The number of likely N-dealkylation sites (tertiary alicyclic amines) is 1. The number of carbonyl (C=O) groups is 2. The van der Waals surface area contributed by atoms with Crippen LogP contribution in [0.4, 0.5) is 0 Å². The average molecular weight is 363 g/mol. The average Bonchev–Trinajstić information content (AvgIpc) is 2.90. The van der Waals surface area contributed by atoms with Crippen LogP contribution in [0.25, 0.3) is 0 Å². The van der Waals surface area contributed by atoms with E-state index in [2.05, 4.69) is 31.9 Å². The van der Waals surface area contributed by atoms with Crippen molar-refractivity contribution in [1.82, 2.24) is 19.6 Å². The SMILES string of the molecule is CCCn1nc(C)cc1CN(C)C(=O)[C@@H]1CCC(=O)N(CC(C)C)[C@@H]1C. The van der Waals surface area contributed by atoms with Crippen LogP contribution in [-0.4, -0.2) is 51.0 Å². The molecule has 26 heavy (non-hydrogen) atoms. The maximum atomic E-state index is 13.1. The fourth-order valence-corrected chi connectivity index (χ4v) is 3.84. The van der Waals surface area contributed by atoms with Gasteiger partial charge in [0.05, 0.1) is 23.9 Å². The summed E-state index contributed by atoms with van der Waals surface area (Å²) in [7, 11) is 1.86. The molecule has 0 N–H and O–H groups in total. The maximum absolute atomic E-state index is 13.1. The Balaban J connectivity index is 2.08. The first-order chi connectivity index (χ1) is 12.2. The van der Waals surface area contributed by atoms with Crippen molar-refractivity contribution >= 4 is 11.8 Å². The van der Waals surface area contributed by atoms with Gasteiger partial charge in [0.2, 0.25) is 11.8 Å². The summed E-state index contributed by atoms with van der Waals surface area (Å²) in [6, 6.07) is 2.01. The second-order valence-electron chi connectivity index (χ2n) is 8.02. The van der Waals surface area contributed by atoms with E-state index in [-0.39, 0.29) is 23.8 Å². The highest BCUT2D eigenvalue weighted by Crippen LogP contribution is 2.27. The zero-order valence-electron chi connectivity index (χ0n) is 17.2. The molecule has 2 rings (SSSR count). The van der Waals surface area contributed by atoms with E-state index in [1.807, 2.05) is 30.5 Å². The van der Waals surface area contributed by atoms with Gasteiger partial charge in [0.15, 0.2) is 0 Å². The van der Waals surface area contributed by atoms with Crippen molar-refractivity contribution in [2.24, 2.45) is 11.8 Å². The summed E-state index contributed by atoms with van der Waals surface area (Å²) >= 11 is 0. The predicted molar refractivity (Wildman–Crippen MR) is 102 cm³/mol. The minimum absolute atomic E-state index is 0.0455. The first-order valence-electron chi connectivity index (χ1n) is 9.82. The summed E-state index contributed by atoms with van der Waals surface area (Å²) in [6.45, 7) is 12.5. The highest BCUT2D eigenvalue weighted by molar-refractivity contribution is 5.84. The number of hydrogen-bond acceptors (Lipinski definition) is 3. The summed E-state index contributed by atoms with van der Waals surface area (Å²) in [5.74, 6) is 0.578. The van der Waals surface area contributed by atoms with Gasteiger partial charge < -0.3 is 9.80 Å². The first kappa shape index (κ1) is 20.5. The van der Waals surface area contributed by atoms with Crippen molar-refractivity contribution in [3.8, 4) is 0 Å². The highest BCUT2D eigenvalue weighted by atomic mass is 16.2. The number of aromatic nitrogens is 2. The number of rotatable bonds is 7. The lowest BCUT2D eigenvalue weighted by molar-refractivity contribution is -0.147. The molecular formula is C20H34N4O2. The van der Waals surface area contributed by atoms with Crippen molar-refractivity contribution in [2.45, 2.75) is 73.0 Å². The molecule has 1 aliphatic rings. The molecule has 2 heterocycles. The second kappa shape index (κ2) is 8.69. The predicted octanol–water partition coefficient (Wildman–Crippen LogP) is 2.84. The normalized spacial score (nSPS) is 20.7. The van der Waals surface area contributed by atoms with Crippen LogP contribution in [0.5, 0.6) is 0 Å².